The Morgan fingerprint density at radius 2 is 1.51 bits per heavy atom. The van der Waals surface area contributed by atoms with Crippen LogP contribution in [0.2, 0.25) is 0 Å². The van der Waals surface area contributed by atoms with E-state index < -0.39 is 70.7 Å². The van der Waals surface area contributed by atoms with Crippen molar-refractivity contribution in [1.29, 1.82) is 0 Å². The molecule has 264 valence electrons. The van der Waals surface area contributed by atoms with Crippen molar-refractivity contribution in [2.24, 2.45) is 45.7 Å². The van der Waals surface area contributed by atoms with Crippen molar-refractivity contribution in [3.8, 4) is 0 Å². The summed E-state index contributed by atoms with van der Waals surface area (Å²) in [6.07, 6.45) is 4.47. The lowest BCUT2D eigenvalue weighted by molar-refractivity contribution is -0.145. The molecule has 0 aromatic rings. The fraction of sp³-hybridized carbons (Fsp3) is 0.824. The summed E-state index contributed by atoms with van der Waals surface area (Å²) in [4.78, 5) is 79.8. The second-order valence-corrected chi connectivity index (χ2v) is 16.9. The van der Waals surface area contributed by atoms with Gasteiger partial charge in [0.15, 0.2) is 0 Å². The standard InChI is InChI=1S/C34H55N5O8/c1-32(2,3)22(17-47-31(45)46-16-19-12-13-19)37-30(44)38-26(33(4,5)6)29(43)39-15-20-23(34(20,7)8)24(39)28(42)36-21(25(40)27(35)41)14-18-10-9-11-18/h18-24,26H,9-17H2,1-8H3,(H2,35,41)(H,36,42)(H2,37,38,44)/t20-,21?,22?,23-,24?,26+/m0/s1. The molecule has 4 rings (SSSR count). The molecule has 0 radical (unpaired) electrons. The minimum atomic E-state index is -1.10. The molecule has 13 nitrogen and oxygen atoms in total. The normalized spacial score (nSPS) is 25.3. The van der Waals surface area contributed by atoms with Crippen LogP contribution in [0.25, 0.3) is 0 Å². The number of primary amides is 1. The summed E-state index contributed by atoms with van der Waals surface area (Å²) in [6.45, 7) is 15.8. The summed E-state index contributed by atoms with van der Waals surface area (Å²) in [7, 11) is 0. The molecule has 0 spiro atoms. The largest absolute Gasteiger partial charge is 0.508 e. The number of ether oxygens (including phenoxy) is 2. The van der Waals surface area contributed by atoms with E-state index in [9.17, 15) is 28.8 Å². The molecule has 0 aromatic carbocycles. The summed E-state index contributed by atoms with van der Waals surface area (Å²) in [5.74, 6) is -2.32. The van der Waals surface area contributed by atoms with E-state index in [-0.39, 0.29) is 29.8 Å². The van der Waals surface area contributed by atoms with Crippen molar-refractivity contribution >= 4 is 35.7 Å². The second-order valence-electron chi connectivity index (χ2n) is 16.9. The number of carbonyl (C=O) groups excluding carboxylic acids is 6. The number of urea groups is 1. The number of nitrogens with two attached hydrogens (primary N) is 1. The Bertz CT molecular complexity index is 1250. The average molecular weight is 662 g/mol. The van der Waals surface area contributed by atoms with Crippen LogP contribution in [-0.2, 0) is 28.7 Å². The van der Waals surface area contributed by atoms with Gasteiger partial charge in [-0.2, -0.15) is 0 Å². The summed E-state index contributed by atoms with van der Waals surface area (Å²) in [6, 6.07) is -4.15. The van der Waals surface area contributed by atoms with Gasteiger partial charge >= 0.3 is 12.2 Å². The number of amides is 5. The van der Waals surface area contributed by atoms with E-state index in [1.807, 2.05) is 55.4 Å². The third-order valence-electron chi connectivity index (χ3n) is 10.7. The molecule has 13 heteroatoms. The highest BCUT2D eigenvalue weighted by Crippen LogP contribution is 2.65. The molecule has 5 amide bonds. The summed E-state index contributed by atoms with van der Waals surface area (Å²) in [5.41, 5.74) is 3.89. The zero-order valence-corrected chi connectivity index (χ0v) is 29.3. The first-order valence-corrected chi connectivity index (χ1v) is 17.0. The van der Waals surface area contributed by atoms with Gasteiger partial charge in [-0.3, -0.25) is 19.2 Å². The van der Waals surface area contributed by atoms with E-state index in [0.717, 1.165) is 32.1 Å². The molecule has 4 fully saturated rings. The number of hydrogen-bond donors (Lipinski definition) is 4. The fourth-order valence-electron chi connectivity index (χ4n) is 6.85. The van der Waals surface area contributed by atoms with Crippen molar-refractivity contribution in [1.82, 2.24) is 20.9 Å². The number of rotatable bonds is 13. The molecule has 0 bridgehead atoms. The predicted molar refractivity (Wildman–Crippen MR) is 173 cm³/mol. The van der Waals surface area contributed by atoms with Crippen LogP contribution in [0.3, 0.4) is 0 Å². The molecule has 47 heavy (non-hydrogen) atoms. The Kier molecular flexibility index (Phi) is 10.6. The second kappa shape index (κ2) is 13.6. The molecule has 0 aromatic heterocycles. The predicted octanol–water partition coefficient (Wildman–Crippen LogP) is 2.89. The van der Waals surface area contributed by atoms with Gasteiger partial charge in [-0.25, -0.2) is 9.59 Å². The highest BCUT2D eigenvalue weighted by Gasteiger charge is 2.70. The van der Waals surface area contributed by atoms with Crippen LogP contribution in [0.1, 0.15) is 93.9 Å². The van der Waals surface area contributed by atoms with Crippen LogP contribution in [0.5, 0.6) is 0 Å². The van der Waals surface area contributed by atoms with Crippen LogP contribution >= 0.6 is 0 Å². The van der Waals surface area contributed by atoms with Gasteiger partial charge in [0, 0.05) is 6.54 Å². The average Bonchev–Trinajstić information content (AvgIpc) is 3.80. The van der Waals surface area contributed by atoms with Gasteiger partial charge in [-0.1, -0.05) is 74.7 Å². The smallest absolute Gasteiger partial charge is 0.434 e. The lowest BCUT2D eigenvalue weighted by Crippen LogP contribution is -2.62. The monoisotopic (exact) mass is 661 g/mol. The van der Waals surface area contributed by atoms with Crippen LogP contribution < -0.4 is 21.7 Å². The Hall–Kier alpha value is -3.38. The van der Waals surface area contributed by atoms with Crippen molar-refractivity contribution in [2.75, 3.05) is 19.8 Å². The van der Waals surface area contributed by atoms with E-state index in [1.54, 1.807) is 0 Å². The Morgan fingerprint density at radius 3 is 2.02 bits per heavy atom. The molecule has 4 aliphatic rings. The quantitative estimate of drug-likeness (QED) is 0.171. The first-order valence-electron chi connectivity index (χ1n) is 17.0. The molecular weight excluding hydrogens is 606 g/mol. The van der Waals surface area contributed by atoms with Gasteiger partial charge in [0.25, 0.3) is 5.91 Å². The van der Waals surface area contributed by atoms with Gasteiger partial charge in [-0.15, -0.1) is 0 Å². The van der Waals surface area contributed by atoms with E-state index in [0.29, 0.717) is 25.5 Å². The maximum absolute atomic E-state index is 14.3. The summed E-state index contributed by atoms with van der Waals surface area (Å²) >= 11 is 0. The maximum Gasteiger partial charge on any atom is 0.508 e. The summed E-state index contributed by atoms with van der Waals surface area (Å²) < 4.78 is 10.5. The van der Waals surface area contributed by atoms with Gasteiger partial charge in [0.1, 0.15) is 18.7 Å². The highest BCUT2D eigenvalue weighted by atomic mass is 16.7. The third-order valence-corrected chi connectivity index (χ3v) is 10.7. The van der Waals surface area contributed by atoms with E-state index in [2.05, 4.69) is 16.0 Å². The zero-order valence-electron chi connectivity index (χ0n) is 29.3. The van der Waals surface area contributed by atoms with E-state index in [4.69, 9.17) is 15.2 Å². The number of carbonyl (C=O) groups is 6. The Balaban J connectivity index is 1.46. The van der Waals surface area contributed by atoms with Crippen LogP contribution in [0.4, 0.5) is 9.59 Å². The number of hydrogen-bond acceptors (Lipinski definition) is 8. The van der Waals surface area contributed by atoms with Crippen molar-refractivity contribution in [3.63, 3.8) is 0 Å². The fourth-order valence-corrected chi connectivity index (χ4v) is 6.85. The molecular formula is C34H55N5O8. The van der Waals surface area contributed by atoms with Crippen LogP contribution in [0, 0.1) is 39.9 Å². The van der Waals surface area contributed by atoms with Crippen molar-refractivity contribution in [3.05, 3.63) is 0 Å². The van der Waals surface area contributed by atoms with Crippen molar-refractivity contribution < 1.29 is 38.2 Å². The topological polar surface area (TPSA) is 186 Å². The SMILES string of the molecule is CC(C)(C)C(COC(=O)OCC1CC1)NC(=O)N[C@H](C(=O)N1C[C@H]2[C@@H](C1C(=O)NC(CC1CCC1)C(=O)C(N)=O)C2(C)C)C(C)(C)C. The molecule has 5 N–H and O–H groups in total. The van der Waals surface area contributed by atoms with Gasteiger partial charge in [0.2, 0.25) is 17.6 Å². The third kappa shape index (κ3) is 8.76. The van der Waals surface area contributed by atoms with Gasteiger partial charge in [-0.05, 0) is 59.2 Å². The maximum atomic E-state index is 14.3. The molecule has 1 aliphatic heterocycles. The highest BCUT2D eigenvalue weighted by molar-refractivity contribution is 6.37. The van der Waals surface area contributed by atoms with Crippen molar-refractivity contribution in [2.45, 2.75) is 118 Å². The number of fused-ring (bicyclic) bond motifs is 1. The number of nitrogens with zero attached hydrogens (tertiary/aromatic N) is 1. The molecule has 1 saturated heterocycles. The van der Waals surface area contributed by atoms with E-state index in [1.165, 1.54) is 4.90 Å². The molecule has 3 unspecified atom stereocenters. The van der Waals surface area contributed by atoms with Gasteiger partial charge in [0.05, 0.1) is 18.7 Å². The molecule has 3 aliphatic carbocycles. The van der Waals surface area contributed by atoms with Gasteiger partial charge < -0.3 is 36.1 Å². The molecule has 1 heterocycles. The number of Topliss-reactive ketones (excluding diaryl/α,β-unsaturated/α-hetero) is 1. The first-order chi connectivity index (χ1) is 21.7. The number of ketones is 1. The number of likely N-dealkylation sites (tertiary alicyclic amines) is 1. The van der Waals surface area contributed by atoms with Crippen LogP contribution in [0.15, 0.2) is 0 Å². The van der Waals surface area contributed by atoms with Crippen LogP contribution in [-0.4, -0.2) is 84.5 Å². The lowest BCUT2D eigenvalue weighted by atomic mass is 9.80. The Morgan fingerprint density at radius 1 is 0.872 bits per heavy atom. The lowest BCUT2D eigenvalue weighted by Gasteiger charge is -2.38. The molecule has 6 atom stereocenters. The Labute approximate surface area is 278 Å². The first kappa shape index (κ1) is 36.5. The zero-order chi connectivity index (χ0) is 35.1. The number of nitrogens with one attached hydrogen (secondary N) is 3. The minimum Gasteiger partial charge on any atom is -0.434 e. The minimum absolute atomic E-state index is 0.0654. The van der Waals surface area contributed by atoms with E-state index >= 15 is 0 Å². The molecule has 3 saturated carbocycles. The summed E-state index contributed by atoms with van der Waals surface area (Å²) in [5, 5.41) is 8.49. The number of piperidine rings is 1.